The average molecular weight is 261 g/mol. The Morgan fingerprint density at radius 1 is 1.26 bits per heavy atom. The molecule has 0 aliphatic carbocycles. The van der Waals surface area contributed by atoms with E-state index in [1.54, 1.807) is 26.8 Å². The zero-order chi connectivity index (χ0) is 14.2. The van der Waals surface area contributed by atoms with Gasteiger partial charge in [0.05, 0.1) is 17.7 Å². The first kappa shape index (κ1) is 13.5. The Hall–Kier alpha value is -1.97. The second kappa shape index (κ2) is 4.96. The first-order chi connectivity index (χ1) is 8.97. The summed E-state index contributed by atoms with van der Waals surface area (Å²) in [6.45, 7) is 7.32. The predicted octanol–water partition coefficient (Wildman–Crippen LogP) is 3.48. The van der Waals surface area contributed by atoms with Gasteiger partial charge in [0.2, 0.25) is 0 Å². The molecule has 0 bridgehead atoms. The third kappa shape index (κ3) is 2.18. The average Bonchev–Trinajstić information content (AvgIpc) is 2.36. The van der Waals surface area contributed by atoms with Crippen LogP contribution in [0, 0.1) is 26.6 Å². The van der Waals surface area contributed by atoms with E-state index in [4.69, 9.17) is 4.74 Å². The summed E-state index contributed by atoms with van der Waals surface area (Å²) in [5.41, 5.74) is 2.95. The van der Waals surface area contributed by atoms with Crippen molar-refractivity contribution in [2.75, 3.05) is 6.61 Å². The van der Waals surface area contributed by atoms with Gasteiger partial charge in [-0.25, -0.2) is 9.18 Å². The normalized spacial score (nSPS) is 10.8. The molecule has 2 rings (SSSR count). The van der Waals surface area contributed by atoms with Gasteiger partial charge >= 0.3 is 5.97 Å². The molecular formula is C15H16FNO2. The molecule has 0 radical (unpaired) electrons. The molecule has 0 aliphatic heterocycles. The number of halogens is 1. The lowest BCUT2D eigenvalue weighted by Crippen LogP contribution is -2.11. The number of carbonyl (C=O) groups is 1. The van der Waals surface area contributed by atoms with E-state index in [2.05, 4.69) is 4.98 Å². The maximum atomic E-state index is 13.7. The summed E-state index contributed by atoms with van der Waals surface area (Å²) >= 11 is 0. The lowest BCUT2D eigenvalue weighted by Gasteiger charge is -2.13. The fraction of sp³-hybridized carbons (Fsp3) is 0.333. The van der Waals surface area contributed by atoms with Crippen molar-refractivity contribution in [2.45, 2.75) is 27.7 Å². The minimum atomic E-state index is -0.427. The molecule has 1 heterocycles. The molecule has 0 atom stereocenters. The van der Waals surface area contributed by atoms with E-state index in [0.29, 0.717) is 22.0 Å². The van der Waals surface area contributed by atoms with Crippen molar-refractivity contribution < 1.29 is 13.9 Å². The van der Waals surface area contributed by atoms with E-state index in [-0.39, 0.29) is 12.4 Å². The topological polar surface area (TPSA) is 39.2 Å². The van der Waals surface area contributed by atoms with Crippen molar-refractivity contribution in [3.8, 4) is 0 Å². The van der Waals surface area contributed by atoms with Gasteiger partial charge in [0.1, 0.15) is 5.82 Å². The van der Waals surface area contributed by atoms with Crippen LogP contribution in [0.2, 0.25) is 0 Å². The van der Waals surface area contributed by atoms with Crippen LogP contribution in [0.25, 0.3) is 10.9 Å². The highest BCUT2D eigenvalue weighted by Crippen LogP contribution is 2.28. The molecule has 0 saturated heterocycles. The zero-order valence-electron chi connectivity index (χ0n) is 11.5. The van der Waals surface area contributed by atoms with E-state index < -0.39 is 5.97 Å². The summed E-state index contributed by atoms with van der Waals surface area (Å²) in [5.74, 6) is -0.771. The molecule has 0 N–H and O–H groups in total. The highest BCUT2D eigenvalue weighted by atomic mass is 19.1. The standard InChI is InChI=1S/C15H16FNO2/c1-5-19-15(18)14-8(2)10(4)17-12-7-6-11(16)9(3)13(12)14/h6-7H,5H2,1-4H3. The fourth-order valence-electron chi connectivity index (χ4n) is 2.17. The van der Waals surface area contributed by atoms with Gasteiger partial charge in [0.15, 0.2) is 0 Å². The number of hydrogen-bond donors (Lipinski definition) is 0. The van der Waals surface area contributed by atoms with Gasteiger partial charge in [-0.2, -0.15) is 0 Å². The van der Waals surface area contributed by atoms with Crippen LogP contribution < -0.4 is 0 Å². The number of carbonyl (C=O) groups excluding carboxylic acids is 1. The molecule has 2 aromatic rings. The molecule has 0 amide bonds. The van der Waals surface area contributed by atoms with Gasteiger partial charge in [0.25, 0.3) is 0 Å². The van der Waals surface area contributed by atoms with Crippen LogP contribution in [0.3, 0.4) is 0 Å². The van der Waals surface area contributed by atoms with E-state index in [9.17, 15) is 9.18 Å². The zero-order valence-corrected chi connectivity index (χ0v) is 11.5. The minimum Gasteiger partial charge on any atom is -0.462 e. The van der Waals surface area contributed by atoms with Crippen LogP contribution in [-0.2, 0) is 4.74 Å². The second-order valence-electron chi connectivity index (χ2n) is 4.48. The van der Waals surface area contributed by atoms with Crippen LogP contribution >= 0.6 is 0 Å². The Bertz CT molecular complexity index is 665. The van der Waals surface area contributed by atoms with E-state index >= 15 is 0 Å². The monoisotopic (exact) mass is 261 g/mol. The number of aromatic nitrogens is 1. The molecule has 1 aromatic carbocycles. The van der Waals surface area contributed by atoms with Crippen LogP contribution in [0.5, 0.6) is 0 Å². The quantitative estimate of drug-likeness (QED) is 0.777. The second-order valence-corrected chi connectivity index (χ2v) is 4.48. The Kier molecular flexibility index (Phi) is 3.51. The van der Waals surface area contributed by atoms with Crippen molar-refractivity contribution >= 4 is 16.9 Å². The lowest BCUT2D eigenvalue weighted by molar-refractivity contribution is 0.0527. The highest BCUT2D eigenvalue weighted by molar-refractivity contribution is 6.06. The first-order valence-electron chi connectivity index (χ1n) is 6.20. The van der Waals surface area contributed by atoms with Gasteiger partial charge in [-0.05, 0) is 51.0 Å². The molecule has 0 spiro atoms. The van der Waals surface area contributed by atoms with E-state index in [1.165, 1.54) is 6.07 Å². The van der Waals surface area contributed by atoms with Crippen LogP contribution in [-0.4, -0.2) is 17.6 Å². The minimum absolute atomic E-state index is 0.287. The number of rotatable bonds is 2. The van der Waals surface area contributed by atoms with Crippen molar-refractivity contribution in [3.05, 3.63) is 40.3 Å². The molecule has 0 saturated carbocycles. The summed E-state index contributed by atoms with van der Waals surface area (Å²) in [5, 5.41) is 0.543. The molecular weight excluding hydrogens is 245 g/mol. The molecule has 1 aromatic heterocycles. The third-order valence-corrected chi connectivity index (χ3v) is 3.31. The molecule has 0 fully saturated rings. The van der Waals surface area contributed by atoms with Gasteiger partial charge in [-0.1, -0.05) is 0 Å². The molecule has 0 unspecified atom stereocenters. The van der Waals surface area contributed by atoms with Crippen molar-refractivity contribution in [1.29, 1.82) is 0 Å². The van der Waals surface area contributed by atoms with Crippen molar-refractivity contribution in [1.82, 2.24) is 4.98 Å². The van der Waals surface area contributed by atoms with Crippen LogP contribution in [0.1, 0.15) is 34.1 Å². The maximum absolute atomic E-state index is 13.7. The molecule has 19 heavy (non-hydrogen) atoms. The van der Waals surface area contributed by atoms with E-state index in [0.717, 1.165) is 11.3 Å². The summed E-state index contributed by atoms with van der Waals surface area (Å²) in [6, 6.07) is 2.96. The molecule has 0 aliphatic rings. The van der Waals surface area contributed by atoms with E-state index in [1.807, 2.05) is 6.92 Å². The summed E-state index contributed by atoms with van der Waals surface area (Å²) in [4.78, 5) is 16.5. The number of fused-ring (bicyclic) bond motifs is 1. The number of hydrogen-bond acceptors (Lipinski definition) is 3. The Morgan fingerprint density at radius 2 is 1.95 bits per heavy atom. The number of benzene rings is 1. The van der Waals surface area contributed by atoms with Crippen LogP contribution in [0.15, 0.2) is 12.1 Å². The number of ether oxygens (including phenoxy) is 1. The Labute approximate surface area is 111 Å². The van der Waals surface area contributed by atoms with Gasteiger partial charge < -0.3 is 4.74 Å². The Balaban J connectivity index is 2.88. The summed E-state index contributed by atoms with van der Waals surface area (Å²) in [7, 11) is 0. The molecule has 3 nitrogen and oxygen atoms in total. The number of nitrogens with zero attached hydrogens (tertiary/aromatic N) is 1. The lowest BCUT2D eigenvalue weighted by atomic mass is 9.98. The van der Waals surface area contributed by atoms with Gasteiger partial charge in [-0.15, -0.1) is 0 Å². The summed E-state index contributed by atoms with van der Waals surface area (Å²) in [6.07, 6.45) is 0. The number of esters is 1. The van der Waals surface area contributed by atoms with Gasteiger partial charge in [-0.3, -0.25) is 4.98 Å². The largest absolute Gasteiger partial charge is 0.462 e. The number of aryl methyl sites for hydroxylation is 2. The summed E-state index contributed by atoms with van der Waals surface area (Å²) < 4.78 is 18.8. The fourth-order valence-corrected chi connectivity index (χ4v) is 2.17. The van der Waals surface area contributed by atoms with Crippen molar-refractivity contribution in [2.24, 2.45) is 0 Å². The smallest absolute Gasteiger partial charge is 0.339 e. The predicted molar refractivity (Wildman–Crippen MR) is 71.9 cm³/mol. The molecule has 100 valence electrons. The maximum Gasteiger partial charge on any atom is 0.339 e. The van der Waals surface area contributed by atoms with Crippen molar-refractivity contribution in [3.63, 3.8) is 0 Å². The van der Waals surface area contributed by atoms with Crippen LogP contribution in [0.4, 0.5) is 4.39 Å². The molecule has 4 heteroatoms. The first-order valence-corrected chi connectivity index (χ1v) is 6.20. The highest BCUT2D eigenvalue weighted by Gasteiger charge is 2.20. The Morgan fingerprint density at radius 3 is 2.58 bits per heavy atom. The van der Waals surface area contributed by atoms with Gasteiger partial charge in [0, 0.05) is 11.1 Å². The third-order valence-electron chi connectivity index (χ3n) is 3.31. The number of pyridine rings is 1. The SMILES string of the molecule is CCOC(=O)c1c(C)c(C)nc2ccc(F)c(C)c12.